The Labute approximate surface area is 98.7 Å². The molecule has 0 radical (unpaired) electrons. The Balaban J connectivity index is 1.75. The van der Waals surface area contributed by atoms with Gasteiger partial charge in [-0.15, -0.1) is 0 Å². The Bertz CT molecular complexity index is 516. The third-order valence-electron chi connectivity index (χ3n) is 2.76. The molecule has 0 aliphatic heterocycles. The van der Waals surface area contributed by atoms with Crippen molar-refractivity contribution in [3.63, 3.8) is 0 Å². The second-order valence-corrected chi connectivity index (χ2v) is 4.17. The number of nitrogens with zero attached hydrogens (tertiary/aromatic N) is 3. The molecule has 1 aliphatic carbocycles. The van der Waals surface area contributed by atoms with Crippen LogP contribution in [0.4, 0.5) is 11.6 Å². The van der Waals surface area contributed by atoms with Gasteiger partial charge in [0.1, 0.15) is 11.6 Å². The van der Waals surface area contributed by atoms with E-state index in [4.69, 9.17) is 5.73 Å². The molecule has 2 aromatic rings. The van der Waals surface area contributed by atoms with Crippen LogP contribution in [0.3, 0.4) is 0 Å². The average Bonchev–Trinajstić information content (AvgIpc) is 3.11. The van der Waals surface area contributed by atoms with Gasteiger partial charge < -0.3 is 11.1 Å². The summed E-state index contributed by atoms with van der Waals surface area (Å²) in [6, 6.07) is 3.83. The van der Waals surface area contributed by atoms with Crippen LogP contribution < -0.4 is 11.1 Å². The van der Waals surface area contributed by atoms with Crippen LogP contribution in [0.5, 0.6) is 0 Å². The molecule has 0 spiro atoms. The molecule has 0 amide bonds. The van der Waals surface area contributed by atoms with Crippen molar-refractivity contribution in [1.82, 2.24) is 20.2 Å². The normalized spacial score (nSPS) is 14.9. The highest BCUT2D eigenvalue weighted by Gasteiger charge is 2.25. The van der Waals surface area contributed by atoms with Gasteiger partial charge in [0, 0.05) is 23.9 Å². The summed E-state index contributed by atoms with van der Waals surface area (Å²) in [7, 11) is 0. The lowest BCUT2D eigenvalue weighted by molar-refractivity contribution is 0.910. The summed E-state index contributed by atoms with van der Waals surface area (Å²) >= 11 is 0. The Kier molecular flexibility index (Phi) is 2.49. The van der Waals surface area contributed by atoms with Crippen LogP contribution >= 0.6 is 0 Å². The van der Waals surface area contributed by atoms with Gasteiger partial charge in [-0.2, -0.15) is 5.10 Å². The summed E-state index contributed by atoms with van der Waals surface area (Å²) in [6.07, 6.45) is 4.20. The van der Waals surface area contributed by atoms with Crippen LogP contribution in [0.2, 0.25) is 0 Å². The highest BCUT2D eigenvalue weighted by molar-refractivity contribution is 5.51. The van der Waals surface area contributed by atoms with E-state index < -0.39 is 0 Å². The first-order chi connectivity index (χ1) is 8.35. The standard InChI is InChI=1S/C11H14N6/c12-6-11-13-4-3-9(15-11)14-10-5-8(16-17-10)7-1-2-7/h3-5,7H,1-2,6,12H2,(H2,13,14,15,16,17). The molecule has 1 fully saturated rings. The zero-order chi connectivity index (χ0) is 11.7. The number of aromatic amines is 1. The summed E-state index contributed by atoms with van der Waals surface area (Å²) in [6.45, 7) is 0.337. The SMILES string of the molecule is NCc1nccc(Nc2cc(C3CC3)[nH]n2)n1. The van der Waals surface area contributed by atoms with Crippen LogP contribution in [0.25, 0.3) is 0 Å². The first-order valence-electron chi connectivity index (χ1n) is 5.69. The van der Waals surface area contributed by atoms with Gasteiger partial charge in [-0.05, 0) is 18.9 Å². The number of aromatic nitrogens is 4. The van der Waals surface area contributed by atoms with Crippen molar-refractivity contribution in [3.05, 3.63) is 29.8 Å². The van der Waals surface area contributed by atoms with E-state index in [0.29, 0.717) is 24.1 Å². The summed E-state index contributed by atoms with van der Waals surface area (Å²) < 4.78 is 0. The summed E-state index contributed by atoms with van der Waals surface area (Å²) in [5.74, 6) is 2.79. The van der Waals surface area contributed by atoms with Gasteiger partial charge in [0.05, 0.1) is 6.54 Å². The Morgan fingerprint density at radius 3 is 3.06 bits per heavy atom. The lowest BCUT2D eigenvalue weighted by atomic mass is 10.3. The predicted octanol–water partition coefficient (Wildman–Crippen LogP) is 1.28. The highest BCUT2D eigenvalue weighted by atomic mass is 15.2. The molecule has 1 saturated carbocycles. The van der Waals surface area contributed by atoms with Gasteiger partial charge in [0.2, 0.25) is 0 Å². The molecule has 0 bridgehead atoms. The fourth-order valence-corrected chi connectivity index (χ4v) is 1.70. The Morgan fingerprint density at radius 2 is 2.29 bits per heavy atom. The molecule has 17 heavy (non-hydrogen) atoms. The van der Waals surface area contributed by atoms with Crippen LogP contribution in [0.15, 0.2) is 18.3 Å². The molecule has 0 saturated heterocycles. The van der Waals surface area contributed by atoms with Crippen molar-refractivity contribution < 1.29 is 0 Å². The molecule has 2 aromatic heterocycles. The van der Waals surface area contributed by atoms with E-state index in [0.717, 1.165) is 5.82 Å². The van der Waals surface area contributed by atoms with Gasteiger partial charge in [-0.25, -0.2) is 9.97 Å². The fraction of sp³-hybridized carbons (Fsp3) is 0.364. The second kappa shape index (κ2) is 4.14. The summed E-state index contributed by atoms with van der Waals surface area (Å²) in [4.78, 5) is 8.29. The monoisotopic (exact) mass is 230 g/mol. The van der Waals surface area contributed by atoms with E-state index in [1.165, 1.54) is 18.5 Å². The minimum Gasteiger partial charge on any atom is -0.324 e. The first-order valence-corrected chi connectivity index (χ1v) is 5.69. The van der Waals surface area contributed by atoms with Crippen molar-refractivity contribution in [2.75, 3.05) is 5.32 Å². The summed E-state index contributed by atoms with van der Waals surface area (Å²) in [5.41, 5.74) is 6.68. The van der Waals surface area contributed by atoms with Crippen molar-refractivity contribution in [2.24, 2.45) is 5.73 Å². The molecule has 0 unspecified atom stereocenters. The molecule has 6 heteroatoms. The van der Waals surface area contributed by atoms with E-state index >= 15 is 0 Å². The lowest BCUT2D eigenvalue weighted by Gasteiger charge is -2.02. The zero-order valence-corrected chi connectivity index (χ0v) is 9.35. The number of nitrogens with one attached hydrogen (secondary N) is 2. The molecule has 2 heterocycles. The molecule has 88 valence electrons. The third kappa shape index (κ3) is 2.26. The second-order valence-electron chi connectivity index (χ2n) is 4.17. The quantitative estimate of drug-likeness (QED) is 0.735. The van der Waals surface area contributed by atoms with Crippen molar-refractivity contribution >= 4 is 11.6 Å². The smallest absolute Gasteiger partial charge is 0.153 e. The van der Waals surface area contributed by atoms with Crippen molar-refractivity contribution in [1.29, 1.82) is 0 Å². The minimum absolute atomic E-state index is 0.337. The van der Waals surface area contributed by atoms with E-state index in [2.05, 4.69) is 25.5 Å². The number of H-pyrrole nitrogens is 1. The Morgan fingerprint density at radius 1 is 1.41 bits per heavy atom. The molecule has 3 rings (SSSR count). The maximum atomic E-state index is 5.49. The van der Waals surface area contributed by atoms with Crippen LogP contribution in [0, 0.1) is 0 Å². The summed E-state index contributed by atoms with van der Waals surface area (Å²) in [5, 5.41) is 10.4. The predicted molar refractivity (Wildman–Crippen MR) is 63.8 cm³/mol. The van der Waals surface area contributed by atoms with E-state index in [-0.39, 0.29) is 0 Å². The zero-order valence-electron chi connectivity index (χ0n) is 9.35. The molecule has 0 atom stereocenters. The maximum Gasteiger partial charge on any atom is 0.153 e. The van der Waals surface area contributed by atoms with Crippen molar-refractivity contribution in [2.45, 2.75) is 25.3 Å². The number of hydrogen-bond donors (Lipinski definition) is 3. The molecule has 6 nitrogen and oxygen atoms in total. The van der Waals surface area contributed by atoms with E-state index in [1.807, 2.05) is 6.07 Å². The molecule has 1 aliphatic rings. The number of hydrogen-bond acceptors (Lipinski definition) is 5. The number of anilines is 2. The van der Waals surface area contributed by atoms with E-state index in [1.54, 1.807) is 12.3 Å². The van der Waals surface area contributed by atoms with Gasteiger partial charge in [0.25, 0.3) is 0 Å². The van der Waals surface area contributed by atoms with Crippen LogP contribution in [-0.2, 0) is 6.54 Å². The van der Waals surface area contributed by atoms with Crippen LogP contribution in [0.1, 0.15) is 30.3 Å². The molecule has 4 N–H and O–H groups in total. The molecule has 0 aromatic carbocycles. The van der Waals surface area contributed by atoms with Gasteiger partial charge >= 0.3 is 0 Å². The third-order valence-corrected chi connectivity index (χ3v) is 2.76. The van der Waals surface area contributed by atoms with Crippen LogP contribution in [-0.4, -0.2) is 20.2 Å². The first kappa shape index (κ1) is 10.2. The maximum absolute atomic E-state index is 5.49. The fourth-order valence-electron chi connectivity index (χ4n) is 1.70. The van der Waals surface area contributed by atoms with Gasteiger partial charge in [-0.3, -0.25) is 5.10 Å². The minimum atomic E-state index is 0.337. The number of nitrogens with two attached hydrogens (primary N) is 1. The van der Waals surface area contributed by atoms with Crippen molar-refractivity contribution in [3.8, 4) is 0 Å². The molecular formula is C11H14N6. The highest BCUT2D eigenvalue weighted by Crippen LogP contribution is 2.39. The topological polar surface area (TPSA) is 92.5 Å². The van der Waals surface area contributed by atoms with Gasteiger partial charge in [0.15, 0.2) is 5.82 Å². The number of rotatable bonds is 4. The largest absolute Gasteiger partial charge is 0.324 e. The molecular weight excluding hydrogens is 216 g/mol. The Hall–Kier alpha value is -1.95. The van der Waals surface area contributed by atoms with Gasteiger partial charge in [-0.1, -0.05) is 0 Å². The average molecular weight is 230 g/mol. The lowest BCUT2D eigenvalue weighted by Crippen LogP contribution is -2.04. The van der Waals surface area contributed by atoms with E-state index in [9.17, 15) is 0 Å².